The predicted molar refractivity (Wildman–Crippen MR) is 116 cm³/mol. The van der Waals surface area contributed by atoms with Crippen LogP contribution < -0.4 is 4.83 Å². The number of nitrogens with one attached hydrogen (secondary N) is 1. The molecule has 0 aliphatic carbocycles. The van der Waals surface area contributed by atoms with Crippen LogP contribution in [0.25, 0.3) is 22.5 Å². The van der Waals surface area contributed by atoms with Crippen molar-refractivity contribution in [1.82, 2.24) is 9.89 Å². The van der Waals surface area contributed by atoms with Crippen molar-refractivity contribution >= 4 is 10.0 Å². The van der Waals surface area contributed by atoms with Gasteiger partial charge in [0.2, 0.25) is 0 Å². The van der Waals surface area contributed by atoms with Gasteiger partial charge in [0.1, 0.15) is 0 Å². The van der Waals surface area contributed by atoms with Crippen molar-refractivity contribution in [2.75, 3.05) is 4.83 Å². The van der Waals surface area contributed by atoms with Gasteiger partial charge in [-0.3, -0.25) is 0 Å². The number of sulfonamides is 1. The maximum atomic E-state index is 12.9. The van der Waals surface area contributed by atoms with Crippen molar-refractivity contribution in [2.24, 2.45) is 0 Å². The number of nitrogens with zero attached hydrogens (tertiary/aromatic N) is 4. The van der Waals surface area contributed by atoms with Gasteiger partial charge in [-0.2, -0.15) is 33.7 Å². The molecule has 3 aromatic carbocycles. The summed E-state index contributed by atoms with van der Waals surface area (Å²) in [5.74, 6) is 0. The van der Waals surface area contributed by atoms with Crippen molar-refractivity contribution in [2.45, 2.75) is 4.90 Å². The van der Waals surface area contributed by atoms with Crippen molar-refractivity contribution < 1.29 is 8.42 Å². The molecule has 7 nitrogen and oxygen atoms in total. The molecule has 1 N–H and O–H groups in total. The van der Waals surface area contributed by atoms with E-state index in [-0.39, 0.29) is 4.90 Å². The topological polar surface area (TPSA) is 112 Å². The summed E-state index contributed by atoms with van der Waals surface area (Å²) in [6, 6.07) is 27.5. The van der Waals surface area contributed by atoms with Crippen LogP contribution in [-0.4, -0.2) is 18.3 Å². The average molecular weight is 425 g/mol. The number of aromatic nitrogens is 2. The number of hydrogen-bond donors (Lipinski definition) is 1. The monoisotopic (exact) mass is 425 g/mol. The van der Waals surface area contributed by atoms with E-state index < -0.39 is 10.0 Å². The largest absolute Gasteiger partial charge is 0.276 e. The zero-order valence-electron chi connectivity index (χ0n) is 16.1. The van der Waals surface area contributed by atoms with Crippen LogP contribution in [0.15, 0.2) is 89.8 Å². The van der Waals surface area contributed by atoms with Crippen LogP contribution in [0.1, 0.15) is 11.1 Å². The van der Waals surface area contributed by atoms with Gasteiger partial charge in [-0.15, -0.1) is 0 Å². The van der Waals surface area contributed by atoms with Gasteiger partial charge >= 0.3 is 0 Å². The summed E-state index contributed by atoms with van der Waals surface area (Å²) in [6.07, 6.45) is 0. The minimum Gasteiger partial charge on any atom is -0.200 e. The van der Waals surface area contributed by atoms with E-state index in [1.807, 2.05) is 0 Å². The standard InChI is InChI=1S/C23H15N5O2S/c24-15-17-6-10-19(11-7-17)22-14-23(20-12-8-18(16-25)9-13-20)28(26-22)27-31(29,30)21-4-2-1-3-5-21/h1-14,27H. The van der Waals surface area contributed by atoms with Crippen LogP contribution >= 0.6 is 0 Å². The first-order valence-corrected chi connectivity index (χ1v) is 10.7. The SMILES string of the molecule is N#Cc1ccc(-c2cc(-c3ccc(C#N)cc3)n(NS(=O)(=O)c3ccccc3)n2)cc1. The molecule has 0 unspecified atom stereocenters. The summed E-state index contributed by atoms with van der Waals surface area (Å²) in [6.45, 7) is 0. The zero-order chi connectivity index (χ0) is 21.8. The maximum absolute atomic E-state index is 12.9. The fourth-order valence-corrected chi connectivity index (χ4v) is 3.98. The Kier molecular flexibility index (Phi) is 5.23. The lowest BCUT2D eigenvalue weighted by atomic mass is 10.1. The van der Waals surface area contributed by atoms with E-state index >= 15 is 0 Å². The van der Waals surface area contributed by atoms with Gasteiger partial charge < -0.3 is 0 Å². The number of nitriles is 2. The van der Waals surface area contributed by atoms with Gasteiger partial charge in [-0.1, -0.05) is 42.5 Å². The molecule has 0 saturated heterocycles. The Morgan fingerprint density at radius 3 is 1.87 bits per heavy atom. The summed E-state index contributed by atoms with van der Waals surface area (Å²) in [4.78, 5) is 3.82. The molecular weight excluding hydrogens is 410 g/mol. The van der Waals surface area contributed by atoms with Crippen molar-refractivity contribution in [3.8, 4) is 34.7 Å². The lowest BCUT2D eigenvalue weighted by Gasteiger charge is -2.11. The lowest BCUT2D eigenvalue weighted by Crippen LogP contribution is -2.25. The highest BCUT2D eigenvalue weighted by molar-refractivity contribution is 7.92. The third-order valence-corrected chi connectivity index (χ3v) is 5.90. The third-order valence-electron chi connectivity index (χ3n) is 4.59. The van der Waals surface area contributed by atoms with Gasteiger partial charge in [0.05, 0.1) is 39.5 Å². The van der Waals surface area contributed by atoms with Crippen molar-refractivity contribution in [3.05, 3.63) is 96.1 Å². The summed E-state index contributed by atoms with van der Waals surface area (Å²) in [5.41, 5.74) is 3.45. The third kappa shape index (κ3) is 4.15. The fraction of sp³-hybridized carbons (Fsp3) is 0. The molecule has 8 heteroatoms. The smallest absolute Gasteiger partial charge is 0.200 e. The molecule has 0 bridgehead atoms. The Balaban J connectivity index is 1.80. The van der Waals surface area contributed by atoms with Gasteiger partial charge in [-0.25, -0.2) is 0 Å². The first-order chi connectivity index (χ1) is 15.0. The Morgan fingerprint density at radius 1 is 0.774 bits per heavy atom. The van der Waals surface area contributed by atoms with Crippen molar-refractivity contribution in [3.63, 3.8) is 0 Å². The van der Waals surface area contributed by atoms with Gasteiger partial charge in [0.15, 0.2) is 0 Å². The maximum Gasteiger partial charge on any atom is 0.276 e. The first-order valence-electron chi connectivity index (χ1n) is 9.19. The molecule has 1 heterocycles. The Bertz CT molecular complexity index is 1410. The van der Waals surface area contributed by atoms with E-state index in [2.05, 4.69) is 22.1 Å². The van der Waals surface area contributed by atoms with E-state index in [0.29, 0.717) is 28.1 Å². The van der Waals surface area contributed by atoms with E-state index in [0.717, 1.165) is 5.56 Å². The van der Waals surface area contributed by atoms with Gasteiger partial charge in [-0.05, 0) is 42.5 Å². The van der Waals surface area contributed by atoms with Crippen LogP contribution in [0.2, 0.25) is 0 Å². The van der Waals surface area contributed by atoms with E-state index in [1.54, 1.807) is 72.8 Å². The molecule has 0 spiro atoms. The highest BCUT2D eigenvalue weighted by Crippen LogP contribution is 2.27. The number of rotatable bonds is 5. The molecule has 150 valence electrons. The summed E-state index contributed by atoms with van der Waals surface area (Å²) in [7, 11) is -3.88. The Morgan fingerprint density at radius 2 is 1.32 bits per heavy atom. The van der Waals surface area contributed by atoms with Crippen LogP contribution in [-0.2, 0) is 10.0 Å². The average Bonchev–Trinajstić information content (AvgIpc) is 3.22. The highest BCUT2D eigenvalue weighted by atomic mass is 32.2. The Labute approximate surface area is 179 Å². The molecule has 0 atom stereocenters. The lowest BCUT2D eigenvalue weighted by molar-refractivity contribution is 0.592. The molecule has 4 rings (SSSR count). The quantitative estimate of drug-likeness (QED) is 0.521. The molecule has 0 aliphatic rings. The molecule has 0 radical (unpaired) electrons. The van der Waals surface area contributed by atoms with Crippen LogP contribution in [0.5, 0.6) is 0 Å². The predicted octanol–water partition coefficient (Wildman–Crippen LogP) is 3.89. The molecule has 0 saturated carbocycles. The molecule has 0 fully saturated rings. The van der Waals surface area contributed by atoms with Crippen LogP contribution in [0, 0.1) is 22.7 Å². The second kappa shape index (κ2) is 8.15. The first kappa shape index (κ1) is 19.9. The minimum absolute atomic E-state index is 0.108. The van der Waals surface area contributed by atoms with E-state index in [9.17, 15) is 8.42 Å². The molecule has 0 aliphatic heterocycles. The van der Waals surface area contributed by atoms with Crippen LogP contribution in [0.4, 0.5) is 0 Å². The van der Waals surface area contributed by atoms with Crippen LogP contribution in [0.3, 0.4) is 0 Å². The second-order valence-corrected chi connectivity index (χ2v) is 8.27. The molecular formula is C23H15N5O2S. The van der Waals surface area contributed by atoms with Gasteiger partial charge in [0.25, 0.3) is 10.0 Å². The van der Waals surface area contributed by atoms with E-state index in [4.69, 9.17) is 10.5 Å². The minimum atomic E-state index is -3.88. The molecule has 31 heavy (non-hydrogen) atoms. The molecule has 1 aromatic heterocycles. The summed E-state index contributed by atoms with van der Waals surface area (Å²) in [5, 5.41) is 22.5. The number of benzene rings is 3. The molecule has 0 amide bonds. The summed E-state index contributed by atoms with van der Waals surface area (Å²) >= 11 is 0. The molecule has 4 aromatic rings. The normalized spacial score (nSPS) is 10.8. The second-order valence-electron chi connectivity index (χ2n) is 6.61. The Hall–Kier alpha value is -4.40. The van der Waals surface area contributed by atoms with Crippen molar-refractivity contribution in [1.29, 1.82) is 10.5 Å². The van der Waals surface area contributed by atoms with Gasteiger partial charge in [0, 0.05) is 11.1 Å². The summed E-state index contributed by atoms with van der Waals surface area (Å²) < 4.78 is 25.7. The van der Waals surface area contributed by atoms with E-state index in [1.165, 1.54) is 16.9 Å². The fourth-order valence-electron chi connectivity index (χ4n) is 2.99. The number of hydrogen-bond acceptors (Lipinski definition) is 5. The zero-order valence-corrected chi connectivity index (χ0v) is 16.9. The highest BCUT2D eigenvalue weighted by Gasteiger charge is 2.19.